The Labute approximate surface area is 295 Å². The molecule has 5 rings (SSSR count). The van der Waals surface area contributed by atoms with Gasteiger partial charge in [-0.05, 0) is 58.0 Å². The number of hydrogen-bond donors (Lipinski definition) is 1. The maximum Gasteiger partial charge on any atom is 0.331 e. The molecule has 2 aliphatic rings. The standard InChI is InChI=1S/C35H52N7O7P/c1-6-47-50(44,48-7-2)23-21-40-14-12-39(13-15-40)20-22-46-33-25-31-30(24-32(33)45-5)34(37-26-36-31)41-16-18-42(19-17-41)35(43)38-28-8-10-29(11-9-28)49-27(3)4/h8-11,24-27H,6-7,12-23H2,1-5H3,(H,38,43). The highest BCUT2D eigenvalue weighted by Gasteiger charge is 2.27. The predicted octanol–water partition coefficient (Wildman–Crippen LogP) is 5.04. The van der Waals surface area contributed by atoms with Crippen LogP contribution in [0.2, 0.25) is 0 Å². The molecule has 0 spiro atoms. The Hall–Kier alpha value is -3.68. The number of fused-ring (bicyclic) bond motifs is 1. The fraction of sp³-hybridized carbons (Fsp3) is 0.571. The maximum absolute atomic E-state index is 13.0. The lowest BCUT2D eigenvalue weighted by Gasteiger charge is -2.35. The number of anilines is 2. The minimum atomic E-state index is -3.03. The van der Waals surface area contributed by atoms with Crippen LogP contribution in [0, 0.1) is 0 Å². The van der Waals surface area contributed by atoms with Crippen molar-refractivity contribution in [2.75, 3.05) is 109 Å². The maximum atomic E-state index is 13.0. The van der Waals surface area contributed by atoms with Crippen molar-refractivity contribution in [3.63, 3.8) is 0 Å². The molecule has 3 aromatic rings. The summed E-state index contributed by atoms with van der Waals surface area (Å²) < 4.78 is 41.3. The molecule has 1 aromatic heterocycles. The van der Waals surface area contributed by atoms with E-state index in [0.717, 1.165) is 60.9 Å². The van der Waals surface area contributed by atoms with Gasteiger partial charge in [-0.1, -0.05) is 0 Å². The summed E-state index contributed by atoms with van der Waals surface area (Å²) in [5.74, 6) is 2.83. The number of rotatable bonds is 16. The van der Waals surface area contributed by atoms with Gasteiger partial charge in [-0.2, -0.15) is 0 Å². The van der Waals surface area contributed by atoms with Crippen LogP contribution in [0.3, 0.4) is 0 Å². The number of ether oxygens (including phenoxy) is 3. The minimum Gasteiger partial charge on any atom is -0.493 e. The smallest absolute Gasteiger partial charge is 0.331 e. The summed E-state index contributed by atoms with van der Waals surface area (Å²) in [6.45, 7) is 16.3. The third kappa shape index (κ3) is 10.2. The molecule has 0 saturated carbocycles. The minimum absolute atomic E-state index is 0.0908. The number of methoxy groups -OCH3 is 1. The van der Waals surface area contributed by atoms with Gasteiger partial charge in [0, 0.05) is 82.6 Å². The zero-order valence-corrected chi connectivity index (χ0v) is 30.9. The molecule has 14 nitrogen and oxygen atoms in total. The predicted molar refractivity (Wildman–Crippen MR) is 195 cm³/mol. The van der Waals surface area contributed by atoms with Crippen LogP contribution < -0.4 is 24.4 Å². The van der Waals surface area contributed by atoms with Crippen LogP contribution in [-0.4, -0.2) is 135 Å². The number of carbonyl (C=O) groups is 1. The number of nitrogens with zero attached hydrogens (tertiary/aromatic N) is 6. The van der Waals surface area contributed by atoms with Gasteiger partial charge in [0.25, 0.3) is 0 Å². The van der Waals surface area contributed by atoms with Gasteiger partial charge in [0.1, 0.15) is 24.5 Å². The molecule has 2 aliphatic heterocycles. The van der Waals surface area contributed by atoms with Gasteiger partial charge in [0.2, 0.25) is 0 Å². The number of urea groups is 1. The van der Waals surface area contributed by atoms with Crippen LogP contribution in [0.15, 0.2) is 42.7 Å². The van der Waals surface area contributed by atoms with Crippen molar-refractivity contribution >= 4 is 36.0 Å². The van der Waals surface area contributed by atoms with Crippen LogP contribution in [0.25, 0.3) is 10.9 Å². The highest BCUT2D eigenvalue weighted by Crippen LogP contribution is 2.47. The van der Waals surface area contributed by atoms with E-state index >= 15 is 0 Å². The van der Waals surface area contributed by atoms with Crippen molar-refractivity contribution in [2.24, 2.45) is 0 Å². The van der Waals surface area contributed by atoms with Crippen LogP contribution >= 0.6 is 7.60 Å². The Morgan fingerprint density at radius 1 is 0.880 bits per heavy atom. The van der Waals surface area contributed by atoms with Crippen LogP contribution in [0.4, 0.5) is 16.3 Å². The first-order valence-electron chi connectivity index (χ1n) is 17.6. The molecule has 2 fully saturated rings. The molecular weight excluding hydrogens is 661 g/mol. The van der Waals surface area contributed by atoms with Gasteiger partial charge in [-0.25, -0.2) is 14.8 Å². The molecule has 2 saturated heterocycles. The molecule has 3 heterocycles. The highest BCUT2D eigenvalue weighted by atomic mass is 31.2. The van der Waals surface area contributed by atoms with Crippen LogP contribution in [0.5, 0.6) is 17.2 Å². The monoisotopic (exact) mass is 713 g/mol. The molecule has 0 bridgehead atoms. The molecule has 0 unspecified atom stereocenters. The zero-order chi connectivity index (χ0) is 35.5. The number of nitrogens with one attached hydrogen (secondary N) is 1. The summed E-state index contributed by atoms with van der Waals surface area (Å²) in [5, 5.41) is 3.86. The van der Waals surface area contributed by atoms with E-state index in [-0.39, 0.29) is 12.1 Å². The molecule has 0 radical (unpaired) electrons. The van der Waals surface area contributed by atoms with Crippen molar-refractivity contribution in [2.45, 2.75) is 33.8 Å². The van der Waals surface area contributed by atoms with Gasteiger partial charge in [0.05, 0.1) is 38.1 Å². The highest BCUT2D eigenvalue weighted by molar-refractivity contribution is 7.53. The van der Waals surface area contributed by atoms with E-state index in [1.807, 2.05) is 69.0 Å². The summed E-state index contributed by atoms with van der Waals surface area (Å²) in [6, 6.07) is 11.1. The van der Waals surface area contributed by atoms with Crippen molar-refractivity contribution < 1.29 is 32.6 Å². The number of amides is 2. The van der Waals surface area contributed by atoms with E-state index in [9.17, 15) is 9.36 Å². The van der Waals surface area contributed by atoms with Crippen molar-refractivity contribution in [1.82, 2.24) is 24.7 Å². The first-order chi connectivity index (χ1) is 24.2. The van der Waals surface area contributed by atoms with Gasteiger partial charge < -0.3 is 43.3 Å². The van der Waals surface area contributed by atoms with E-state index in [0.29, 0.717) is 70.2 Å². The Bertz CT molecular complexity index is 1570. The molecule has 2 amide bonds. The second-order valence-electron chi connectivity index (χ2n) is 12.5. The van der Waals surface area contributed by atoms with Gasteiger partial charge >= 0.3 is 13.6 Å². The first kappa shape index (κ1) is 37.6. The van der Waals surface area contributed by atoms with E-state index in [1.54, 1.807) is 13.4 Å². The Morgan fingerprint density at radius 3 is 2.16 bits per heavy atom. The first-order valence-corrected chi connectivity index (χ1v) is 19.3. The Balaban J connectivity index is 1.11. The lowest BCUT2D eigenvalue weighted by Crippen LogP contribution is -2.50. The average Bonchev–Trinajstić information content (AvgIpc) is 3.11. The van der Waals surface area contributed by atoms with Crippen molar-refractivity contribution in [1.29, 1.82) is 0 Å². The van der Waals surface area contributed by atoms with Crippen molar-refractivity contribution in [3.05, 3.63) is 42.7 Å². The lowest BCUT2D eigenvalue weighted by atomic mass is 10.2. The zero-order valence-electron chi connectivity index (χ0n) is 30.0. The number of piperazine rings is 2. The molecule has 1 N–H and O–H groups in total. The molecule has 2 aromatic carbocycles. The topological polar surface area (TPSA) is 131 Å². The van der Waals surface area contributed by atoms with Crippen LogP contribution in [0.1, 0.15) is 27.7 Å². The summed E-state index contributed by atoms with van der Waals surface area (Å²) in [7, 11) is -1.40. The third-order valence-corrected chi connectivity index (χ3v) is 10.8. The summed E-state index contributed by atoms with van der Waals surface area (Å²) in [6.07, 6.45) is 2.07. The van der Waals surface area contributed by atoms with E-state index in [2.05, 4.69) is 30.0 Å². The fourth-order valence-corrected chi connectivity index (χ4v) is 7.78. The molecule has 0 aliphatic carbocycles. The van der Waals surface area contributed by atoms with Gasteiger partial charge in [-0.3, -0.25) is 9.46 Å². The number of benzene rings is 2. The number of hydrogen-bond acceptors (Lipinski definition) is 12. The second kappa shape index (κ2) is 18.0. The summed E-state index contributed by atoms with van der Waals surface area (Å²) in [5.41, 5.74) is 1.49. The average molecular weight is 714 g/mol. The molecule has 50 heavy (non-hydrogen) atoms. The van der Waals surface area contributed by atoms with E-state index in [4.69, 9.17) is 23.3 Å². The third-order valence-electron chi connectivity index (χ3n) is 8.72. The SMILES string of the molecule is CCOP(=O)(CCN1CCN(CCOc2cc3ncnc(N4CCN(C(=O)Nc5ccc(OC(C)C)cc5)CC4)c3cc2OC)CC1)OCC. The largest absolute Gasteiger partial charge is 0.493 e. The molecular formula is C35H52N7O7P. The molecule has 274 valence electrons. The van der Waals surface area contributed by atoms with Crippen LogP contribution in [-0.2, 0) is 13.6 Å². The summed E-state index contributed by atoms with van der Waals surface area (Å²) in [4.78, 5) is 30.8. The molecule has 0 atom stereocenters. The lowest BCUT2D eigenvalue weighted by molar-refractivity contribution is 0.118. The normalized spacial score (nSPS) is 16.2. The van der Waals surface area contributed by atoms with E-state index < -0.39 is 7.60 Å². The Morgan fingerprint density at radius 2 is 1.54 bits per heavy atom. The summed E-state index contributed by atoms with van der Waals surface area (Å²) >= 11 is 0. The van der Waals surface area contributed by atoms with E-state index in [1.165, 1.54) is 0 Å². The van der Waals surface area contributed by atoms with Gasteiger partial charge in [0.15, 0.2) is 11.5 Å². The number of aromatic nitrogens is 2. The van der Waals surface area contributed by atoms with Gasteiger partial charge in [-0.15, -0.1) is 0 Å². The number of carbonyl (C=O) groups excluding carboxylic acids is 1. The molecule has 15 heteroatoms. The second-order valence-corrected chi connectivity index (χ2v) is 14.7. The Kier molecular flexibility index (Phi) is 13.5. The van der Waals surface area contributed by atoms with Crippen molar-refractivity contribution in [3.8, 4) is 17.2 Å². The quantitative estimate of drug-likeness (QED) is 0.200. The fourth-order valence-electron chi connectivity index (χ4n) is 6.13.